The Hall–Kier alpha value is -1.14. The summed E-state index contributed by atoms with van der Waals surface area (Å²) in [6.45, 7) is 0. The Balaban J connectivity index is 2.96. The van der Waals surface area contributed by atoms with E-state index in [9.17, 15) is 26.3 Å². The standard InChI is InChI=1S/C8H6F6O/c9-7(10,11)4-1-5(8(12,13)14)3-6(15)2-4/h2-4,15H,1H2. The van der Waals surface area contributed by atoms with Crippen molar-refractivity contribution in [3.63, 3.8) is 0 Å². The molecule has 0 amide bonds. The highest BCUT2D eigenvalue weighted by Gasteiger charge is 2.45. The maximum Gasteiger partial charge on any atom is 0.412 e. The number of hydrogen-bond donors (Lipinski definition) is 1. The van der Waals surface area contributed by atoms with Crippen molar-refractivity contribution in [2.75, 3.05) is 0 Å². The molecule has 1 nitrogen and oxygen atoms in total. The van der Waals surface area contributed by atoms with Crippen molar-refractivity contribution >= 4 is 0 Å². The van der Waals surface area contributed by atoms with Crippen LogP contribution in [0.2, 0.25) is 0 Å². The highest BCUT2D eigenvalue weighted by atomic mass is 19.4. The number of aliphatic hydroxyl groups excluding tert-OH is 1. The second-order valence-corrected chi connectivity index (χ2v) is 3.11. The lowest BCUT2D eigenvalue weighted by Crippen LogP contribution is -2.27. The molecule has 0 radical (unpaired) electrons. The molecule has 1 aliphatic carbocycles. The summed E-state index contributed by atoms with van der Waals surface area (Å²) < 4.78 is 72.7. The molecule has 0 saturated carbocycles. The lowest BCUT2D eigenvalue weighted by molar-refractivity contribution is -0.166. The predicted octanol–water partition coefficient (Wildman–Crippen LogP) is 3.50. The van der Waals surface area contributed by atoms with Gasteiger partial charge in [0.05, 0.1) is 5.92 Å². The predicted molar refractivity (Wildman–Crippen MR) is 39.0 cm³/mol. The SMILES string of the molecule is OC1=CC(C(F)(F)F)CC(C(F)(F)F)=C1. The molecule has 1 rings (SSSR count). The van der Waals surface area contributed by atoms with Crippen molar-refractivity contribution < 1.29 is 31.4 Å². The van der Waals surface area contributed by atoms with E-state index in [0.29, 0.717) is 12.2 Å². The highest BCUT2D eigenvalue weighted by molar-refractivity contribution is 5.28. The van der Waals surface area contributed by atoms with Gasteiger partial charge in [0.1, 0.15) is 5.76 Å². The first-order valence-electron chi connectivity index (χ1n) is 3.86. The molecule has 0 aromatic rings. The second-order valence-electron chi connectivity index (χ2n) is 3.11. The van der Waals surface area contributed by atoms with Crippen molar-refractivity contribution in [2.24, 2.45) is 5.92 Å². The Morgan fingerprint density at radius 2 is 1.67 bits per heavy atom. The molecule has 1 N–H and O–H groups in total. The molecule has 0 aromatic carbocycles. The third-order valence-corrected chi connectivity index (χ3v) is 1.92. The van der Waals surface area contributed by atoms with Crippen molar-refractivity contribution in [3.05, 3.63) is 23.5 Å². The summed E-state index contributed by atoms with van der Waals surface area (Å²) in [5.74, 6) is -3.28. The van der Waals surface area contributed by atoms with Crippen LogP contribution in [0.15, 0.2) is 23.5 Å². The lowest BCUT2D eigenvalue weighted by atomic mass is 9.92. The highest BCUT2D eigenvalue weighted by Crippen LogP contribution is 2.40. The van der Waals surface area contributed by atoms with Crippen LogP contribution in [0, 0.1) is 5.92 Å². The minimum atomic E-state index is -4.84. The topological polar surface area (TPSA) is 20.2 Å². The molecule has 0 aliphatic heterocycles. The third-order valence-electron chi connectivity index (χ3n) is 1.92. The second kappa shape index (κ2) is 3.46. The molecule has 15 heavy (non-hydrogen) atoms. The number of alkyl halides is 6. The summed E-state index contributed by atoms with van der Waals surface area (Å²) in [5, 5.41) is 8.76. The van der Waals surface area contributed by atoms with Crippen LogP contribution >= 0.6 is 0 Å². The Morgan fingerprint density at radius 1 is 1.13 bits per heavy atom. The number of rotatable bonds is 0. The van der Waals surface area contributed by atoms with Gasteiger partial charge in [0.15, 0.2) is 0 Å². The van der Waals surface area contributed by atoms with Crippen LogP contribution in [-0.4, -0.2) is 17.5 Å². The number of halogens is 6. The smallest absolute Gasteiger partial charge is 0.412 e. The summed E-state index contributed by atoms with van der Waals surface area (Å²) >= 11 is 0. The van der Waals surface area contributed by atoms with Crippen LogP contribution in [0.4, 0.5) is 26.3 Å². The zero-order valence-corrected chi connectivity index (χ0v) is 7.15. The van der Waals surface area contributed by atoms with Crippen LogP contribution in [0.25, 0.3) is 0 Å². The van der Waals surface area contributed by atoms with E-state index in [4.69, 9.17) is 5.11 Å². The van der Waals surface area contributed by atoms with Gasteiger partial charge in [-0.3, -0.25) is 0 Å². The largest absolute Gasteiger partial charge is 0.508 e. The van der Waals surface area contributed by atoms with E-state index in [1.54, 1.807) is 0 Å². The van der Waals surface area contributed by atoms with Crippen LogP contribution in [0.3, 0.4) is 0 Å². The Morgan fingerprint density at radius 3 is 2.07 bits per heavy atom. The normalized spacial score (nSPS) is 23.5. The molecule has 0 heterocycles. The number of hydrogen-bond acceptors (Lipinski definition) is 1. The van der Waals surface area contributed by atoms with Crippen LogP contribution in [0.5, 0.6) is 0 Å². The number of aliphatic hydroxyl groups is 1. The van der Waals surface area contributed by atoms with E-state index < -0.39 is 36.0 Å². The molecule has 86 valence electrons. The molecule has 0 bridgehead atoms. The zero-order valence-electron chi connectivity index (χ0n) is 7.15. The molecule has 1 aliphatic rings. The first-order valence-corrected chi connectivity index (χ1v) is 3.86. The summed E-state index contributed by atoms with van der Waals surface area (Å²) in [7, 11) is 0. The van der Waals surface area contributed by atoms with Gasteiger partial charge in [0, 0.05) is 5.57 Å². The summed E-state index contributed by atoms with van der Waals surface area (Å²) in [6.07, 6.45) is -10.1. The minimum Gasteiger partial charge on any atom is -0.508 e. The molecule has 1 atom stereocenters. The first-order chi connectivity index (χ1) is 6.60. The molecule has 7 heteroatoms. The van der Waals surface area contributed by atoms with Gasteiger partial charge in [0.25, 0.3) is 0 Å². The Labute approximate surface area is 80.7 Å². The van der Waals surface area contributed by atoms with Crippen molar-refractivity contribution in [3.8, 4) is 0 Å². The maximum atomic E-state index is 12.1. The Bertz CT molecular complexity index is 308. The molecule has 0 fully saturated rings. The van der Waals surface area contributed by atoms with E-state index in [1.807, 2.05) is 0 Å². The van der Waals surface area contributed by atoms with Gasteiger partial charge in [-0.2, -0.15) is 26.3 Å². The molecule has 0 aromatic heterocycles. The fourth-order valence-electron chi connectivity index (χ4n) is 1.20. The van der Waals surface area contributed by atoms with Gasteiger partial charge in [-0.15, -0.1) is 0 Å². The van der Waals surface area contributed by atoms with Crippen molar-refractivity contribution in [1.29, 1.82) is 0 Å². The quantitative estimate of drug-likeness (QED) is 0.633. The van der Waals surface area contributed by atoms with Gasteiger partial charge < -0.3 is 5.11 Å². The number of allylic oxidation sites excluding steroid dienone is 3. The molecule has 0 spiro atoms. The third kappa shape index (κ3) is 2.90. The molecule has 0 saturated heterocycles. The molecule has 1 unspecified atom stereocenters. The summed E-state index contributed by atoms with van der Waals surface area (Å²) in [6, 6.07) is 0. The van der Waals surface area contributed by atoms with Crippen molar-refractivity contribution in [1.82, 2.24) is 0 Å². The van der Waals surface area contributed by atoms with Crippen LogP contribution in [0.1, 0.15) is 6.42 Å². The van der Waals surface area contributed by atoms with E-state index >= 15 is 0 Å². The fraction of sp³-hybridized carbons (Fsp3) is 0.500. The summed E-state index contributed by atoms with van der Waals surface area (Å²) in [4.78, 5) is 0. The molecular formula is C8H6F6O. The first kappa shape index (κ1) is 11.9. The molecular weight excluding hydrogens is 226 g/mol. The lowest BCUT2D eigenvalue weighted by Gasteiger charge is -2.23. The van der Waals surface area contributed by atoms with Gasteiger partial charge in [-0.05, 0) is 18.6 Å². The maximum absolute atomic E-state index is 12.1. The van der Waals surface area contributed by atoms with Crippen molar-refractivity contribution in [2.45, 2.75) is 18.8 Å². The zero-order chi connectivity index (χ0) is 11.9. The van der Waals surface area contributed by atoms with E-state index in [1.165, 1.54) is 0 Å². The summed E-state index contributed by atoms with van der Waals surface area (Å²) in [5.41, 5.74) is -1.37. The average molecular weight is 232 g/mol. The van der Waals surface area contributed by atoms with Gasteiger partial charge in [-0.1, -0.05) is 0 Å². The van der Waals surface area contributed by atoms with Gasteiger partial charge >= 0.3 is 12.4 Å². The average Bonchev–Trinajstić information content (AvgIpc) is 1.99. The van der Waals surface area contributed by atoms with E-state index in [-0.39, 0.29) is 0 Å². The Kier molecular flexibility index (Phi) is 2.75. The van der Waals surface area contributed by atoms with E-state index in [0.717, 1.165) is 0 Å². The van der Waals surface area contributed by atoms with E-state index in [2.05, 4.69) is 0 Å². The van der Waals surface area contributed by atoms with Crippen LogP contribution < -0.4 is 0 Å². The van der Waals surface area contributed by atoms with Crippen LogP contribution in [-0.2, 0) is 0 Å². The van der Waals surface area contributed by atoms with Gasteiger partial charge in [0.2, 0.25) is 0 Å². The monoisotopic (exact) mass is 232 g/mol. The fourth-order valence-corrected chi connectivity index (χ4v) is 1.20. The van der Waals surface area contributed by atoms with Gasteiger partial charge in [-0.25, -0.2) is 0 Å². The minimum absolute atomic E-state index is 0.308.